The van der Waals surface area contributed by atoms with Crippen molar-refractivity contribution in [2.75, 3.05) is 13.6 Å². The fourth-order valence-electron chi connectivity index (χ4n) is 2.35. The van der Waals surface area contributed by atoms with E-state index in [0.29, 0.717) is 23.9 Å². The van der Waals surface area contributed by atoms with Crippen LogP contribution in [0.25, 0.3) is 0 Å². The molecule has 1 aromatic rings. The van der Waals surface area contributed by atoms with Crippen LogP contribution in [0, 0.1) is 12.8 Å². The van der Waals surface area contributed by atoms with Crippen LogP contribution in [0.4, 0.5) is 0 Å². The van der Waals surface area contributed by atoms with Crippen molar-refractivity contribution in [3.05, 3.63) is 29.3 Å². The van der Waals surface area contributed by atoms with Crippen LogP contribution in [0.5, 0.6) is 0 Å². The highest BCUT2D eigenvalue weighted by molar-refractivity contribution is 7.89. The van der Waals surface area contributed by atoms with E-state index >= 15 is 0 Å². The molecule has 0 bridgehead atoms. The second-order valence-electron chi connectivity index (χ2n) is 5.37. The van der Waals surface area contributed by atoms with Gasteiger partial charge < -0.3 is 5.73 Å². The number of nitrogens with zero attached hydrogens (tertiary/aromatic N) is 1. The van der Waals surface area contributed by atoms with Crippen molar-refractivity contribution >= 4 is 10.0 Å². The zero-order chi connectivity index (χ0) is 14.0. The average molecular weight is 282 g/mol. The van der Waals surface area contributed by atoms with E-state index in [0.717, 1.165) is 24.0 Å². The molecule has 19 heavy (non-hydrogen) atoms. The summed E-state index contributed by atoms with van der Waals surface area (Å²) in [5.74, 6) is 0.527. The molecular formula is C14H22N2O2S. The van der Waals surface area contributed by atoms with Gasteiger partial charge in [-0.1, -0.05) is 12.5 Å². The maximum atomic E-state index is 12.5. The summed E-state index contributed by atoms with van der Waals surface area (Å²) in [5.41, 5.74) is 7.56. The van der Waals surface area contributed by atoms with Crippen LogP contribution in [0.3, 0.4) is 0 Å². The fraction of sp³-hybridized carbons (Fsp3) is 0.571. The van der Waals surface area contributed by atoms with Crippen molar-refractivity contribution in [1.29, 1.82) is 0 Å². The quantitative estimate of drug-likeness (QED) is 0.896. The summed E-state index contributed by atoms with van der Waals surface area (Å²) in [4.78, 5) is 0.348. The topological polar surface area (TPSA) is 63.4 Å². The third-order valence-electron chi connectivity index (χ3n) is 3.99. The largest absolute Gasteiger partial charge is 0.326 e. The SMILES string of the molecule is Cc1ccc(S(=O)(=O)N(C)CC2CCC2)cc1CN. The van der Waals surface area contributed by atoms with Crippen LogP contribution in [0.2, 0.25) is 0 Å². The van der Waals surface area contributed by atoms with Gasteiger partial charge in [-0.2, -0.15) is 0 Å². The molecule has 1 aromatic carbocycles. The van der Waals surface area contributed by atoms with Gasteiger partial charge in [-0.15, -0.1) is 0 Å². The van der Waals surface area contributed by atoms with E-state index in [2.05, 4.69) is 0 Å². The van der Waals surface area contributed by atoms with Crippen LogP contribution in [0.15, 0.2) is 23.1 Å². The Hall–Kier alpha value is -0.910. The molecule has 106 valence electrons. The van der Waals surface area contributed by atoms with E-state index in [1.54, 1.807) is 19.2 Å². The Morgan fingerprint density at radius 1 is 1.37 bits per heavy atom. The molecule has 2 rings (SSSR count). The second kappa shape index (κ2) is 5.61. The maximum absolute atomic E-state index is 12.5. The standard InChI is InChI=1S/C14H22N2O2S/c1-11-6-7-14(8-13(11)9-15)19(17,18)16(2)10-12-4-3-5-12/h6-8,12H,3-5,9-10,15H2,1-2H3. The van der Waals surface area contributed by atoms with E-state index in [-0.39, 0.29) is 0 Å². The molecule has 0 spiro atoms. The Labute approximate surface area is 115 Å². The Morgan fingerprint density at radius 2 is 2.05 bits per heavy atom. The first-order valence-electron chi connectivity index (χ1n) is 6.71. The molecule has 0 aromatic heterocycles. The lowest BCUT2D eigenvalue weighted by Gasteiger charge is -2.29. The predicted octanol–water partition coefficient (Wildman–Crippen LogP) is 1.87. The lowest BCUT2D eigenvalue weighted by atomic mass is 9.86. The van der Waals surface area contributed by atoms with Gasteiger partial charge in [0.15, 0.2) is 0 Å². The van der Waals surface area contributed by atoms with Crippen molar-refractivity contribution < 1.29 is 8.42 Å². The van der Waals surface area contributed by atoms with Gasteiger partial charge in [0.1, 0.15) is 0 Å². The minimum absolute atomic E-state index is 0.348. The van der Waals surface area contributed by atoms with E-state index in [9.17, 15) is 8.42 Å². The summed E-state index contributed by atoms with van der Waals surface area (Å²) in [6, 6.07) is 5.19. The van der Waals surface area contributed by atoms with E-state index in [4.69, 9.17) is 5.73 Å². The molecule has 1 saturated carbocycles. The molecule has 1 aliphatic rings. The van der Waals surface area contributed by atoms with Gasteiger partial charge in [-0.05, 0) is 48.9 Å². The van der Waals surface area contributed by atoms with Crippen LogP contribution >= 0.6 is 0 Å². The molecule has 0 radical (unpaired) electrons. The number of sulfonamides is 1. The van der Waals surface area contributed by atoms with E-state index < -0.39 is 10.0 Å². The smallest absolute Gasteiger partial charge is 0.242 e. The average Bonchev–Trinajstić information content (AvgIpc) is 2.33. The lowest BCUT2D eigenvalue weighted by molar-refractivity contribution is 0.263. The molecule has 2 N–H and O–H groups in total. The van der Waals surface area contributed by atoms with Gasteiger partial charge in [0, 0.05) is 20.1 Å². The van der Waals surface area contributed by atoms with Crippen molar-refractivity contribution in [3.8, 4) is 0 Å². The number of nitrogens with two attached hydrogens (primary N) is 1. The monoisotopic (exact) mass is 282 g/mol. The fourth-order valence-corrected chi connectivity index (χ4v) is 3.64. The molecule has 0 atom stereocenters. The predicted molar refractivity (Wildman–Crippen MR) is 76.2 cm³/mol. The normalized spacial score (nSPS) is 16.6. The minimum atomic E-state index is -3.38. The molecule has 0 aliphatic heterocycles. The zero-order valence-corrected chi connectivity index (χ0v) is 12.4. The summed E-state index contributed by atoms with van der Waals surface area (Å²) in [6.07, 6.45) is 3.50. The lowest BCUT2D eigenvalue weighted by Crippen LogP contribution is -2.34. The molecular weight excluding hydrogens is 260 g/mol. The maximum Gasteiger partial charge on any atom is 0.242 e. The Morgan fingerprint density at radius 3 is 2.58 bits per heavy atom. The molecule has 0 amide bonds. The zero-order valence-electron chi connectivity index (χ0n) is 11.6. The van der Waals surface area contributed by atoms with Crippen LogP contribution < -0.4 is 5.73 Å². The summed E-state index contributed by atoms with van der Waals surface area (Å²) >= 11 is 0. The Bertz CT molecular complexity index is 551. The van der Waals surface area contributed by atoms with Crippen LogP contribution in [-0.4, -0.2) is 26.3 Å². The summed E-state index contributed by atoms with van der Waals surface area (Å²) in [6.45, 7) is 2.92. The number of rotatable bonds is 5. The molecule has 1 fully saturated rings. The molecule has 4 nitrogen and oxygen atoms in total. The van der Waals surface area contributed by atoms with Crippen molar-refractivity contribution in [2.45, 2.75) is 37.6 Å². The van der Waals surface area contributed by atoms with Gasteiger partial charge in [-0.3, -0.25) is 0 Å². The van der Waals surface area contributed by atoms with Crippen molar-refractivity contribution in [1.82, 2.24) is 4.31 Å². The second-order valence-corrected chi connectivity index (χ2v) is 7.42. The summed E-state index contributed by atoms with van der Waals surface area (Å²) in [5, 5.41) is 0. The first-order chi connectivity index (χ1) is 8.95. The summed E-state index contributed by atoms with van der Waals surface area (Å²) < 4.78 is 26.4. The van der Waals surface area contributed by atoms with Crippen LogP contribution in [0.1, 0.15) is 30.4 Å². The van der Waals surface area contributed by atoms with Crippen LogP contribution in [-0.2, 0) is 16.6 Å². The van der Waals surface area contributed by atoms with E-state index in [1.165, 1.54) is 10.7 Å². The highest BCUT2D eigenvalue weighted by atomic mass is 32.2. The third-order valence-corrected chi connectivity index (χ3v) is 5.81. The Kier molecular flexibility index (Phi) is 4.28. The molecule has 0 heterocycles. The van der Waals surface area contributed by atoms with Crippen molar-refractivity contribution in [3.63, 3.8) is 0 Å². The minimum Gasteiger partial charge on any atom is -0.326 e. The first-order valence-corrected chi connectivity index (χ1v) is 8.15. The summed E-state index contributed by atoms with van der Waals surface area (Å²) in [7, 11) is -1.72. The highest BCUT2D eigenvalue weighted by Gasteiger charge is 2.26. The highest BCUT2D eigenvalue weighted by Crippen LogP contribution is 2.28. The number of hydrogen-bond acceptors (Lipinski definition) is 3. The van der Waals surface area contributed by atoms with Crippen molar-refractivity contribution in [2.24, 2.45) is 11.7 Å². The van der Waals surface area contributed by atoms with Gasteiger partial charge in [0.25, 0.3) is 0 Å². The first kappa shape index (κ1) is 14.5. The number of benzene rings is 1. The molecule has 5 heteroatoms. The molecule has 1 aliphatic carbocycles. The number of hydrogen-bond donors (Lipinski definition) is 1. The van der Waals surface area contributed by atoms with Gasteiger partial charge in [0.2, 0.25) is 10.0 Å². The van der Waals surface area contributed by atoms with Gasteiger partial charge >= 0.3 is 0 Å². The third kappa shape index (κ3) is 2.99. The Balaban J connectivity index is 2.22. The number of aryl methyl sites for hydroxylation is 1. The van der Waals surface area contributed by atoms with Gasteiger partial charge in [-0.25, -0.2) is 12.7 Å². The van der Waals surface area contributed by atoms with E-state index in [1.807, 2.05) is 13.0 Å². The molecule has 0 saturated heterocycles. The van der Waals surface area contributed by atoms with Gasteiger partial charge in [0.05, 0.1) is 4.90 Å². The molecule has 0 unspecified atom stereocenters.